The fourth-order valence-electron chi connectivity index (χ4n) is 3.69. The van der Waals surface area contributed by atoms with Crippen molar-refractivity contribution in [1.82, 2.24) is 10.2 Å². The van der Waals surface area contributed by atoms with Crippen LogP contribution in [-0.4, -0.2) is 50.8 Å². The van der Waals surface area contributed by atoms with Crippen LogP contribution < -0.4 is 5.32 Å². The van der Waals surface area contributed by atoms with Gasteiger partial charge in [0.1, 0.15) is 0 Å². The van der Waals surface area contributed by atoms with Gasteiger partial charge in [-0.25, -0.2) is 0 Å². The predicted octanol–water partition coefficient (Wildman–Crippen LogP) is 3.05. The van der Waals surface area contributed by atoms with E-state index in [1.54, 1.807) is 0 Å². The van der Waals surface area contributed by atoms with E-state index in [-0.39, 0.29) is 0 Å². The summed E-state index contributed by atoms with van der Waals surface area (Å²) in [4.78, 5) is 2.72. The fourth-order valence-corrected chi connectivity index (χ4v) is 3.69. The highest BCUT2D eigenvalue weighted by molar-refractivity contribution is 4.93. The lowest BCUT2D eigenvalue weighted by Crippen LogP contribution is -2.47. The first-order valence-electron chi connectivity index (χ1n) is 8.73. The van der Waals surface area contributed by atoms with Gasteiger partial charge in [-0.05, 0) is 44.1 Å². The summed E-state index contributed by atoms with van der Waals surface area (Å²) in [6.07, 6.45) is 11.2. The van der Waals surface area contributed by atoms with Gasteiger partial charge in [0.15, 0.2) is 0 Å². The van der Waals surface area contributed by atoms with E-state index in [2.05, 4.69) is 17.1 Å². The SMILES string of the molecule is CCCNCC1(CN(CCOC)C2CC2)CCCCC1. The molecule has 0 bridgehead atoms. The van der Waals surface area contributed by atoms with E-state index in [1.165, 1.54) is 71.0 Å². The van der Waals surface area contributed by atoms with Crippen molar-refractivity contribution in [2.24, 2.45) is 5.41 Å². The van der Waals surface area contributed by atoms with Gasteiger partial charge in [-0.15, -0.1) is 0 Å². The van der Waals surface area contributed by atoms with Gasteiger partial charge in [0.25, 0.3) is 0 Å². The van der Waals surface area contributed by atoms with Crippen molar-refractivity contribution >= 4 is 0 Å². The molecule has 0 radical (unpaired) electrons. The Labute approximate surface area is 125 Å². The third-order valence-electron chi connectivity index (χ3n) is 5.03. The maximum atomic E-state index is 5.31. The largest absolute Gasteiger partial charge is 0.383 e. The van der Waals surface area contributed by atoms with Gasteiger partial charge in [-0.1, -0.05) is 26.2 Å². The second kappa shape index (κ2) is 8.35. The van der Waals surface area contributed by atoms with E-state index in [0.717, 1.165) is 19.2 Å². The molecule has 3 heteroatoms. The molecule has 0 aromatic heterocycles. The minimum atomic E-state index is 0.531. The number of nitrogens with one attached hydrogen (secondary N) is 1. The first-order chi connectivity index (χ1) is 9.79. The van der Waals surface area contributed by atoms with Crippen molar-refractivity contribution in [3.05, 3.63) is 0 Å². The van der Waals surface area contributed by atoms with Crippen LogP contribution >= 0.6 is 0 Å². The molecule has 0 saturated heterocycles. The maximum Gasteiger partial charge on any atom is 0.0589 e. The van der Waals surface area contributed by atoms with Gasteiger partial charge in [-0.3, -0.25) is 4.90 Å². The summed E-state index contributed by atoms with van der Waals surface area (Å²) in [6.45, 7) is 7.94. The van der Waals surface area contributed by atoms with Crippen molar-refractivity contribution in [2.45, 2.75) is 64.3 Å². The van der Waals surface area contributed by atoms with Crippen LogP contribution in [0.5, 0.6) is 0 Å². The molecule has 0 aromatic rings. The van der Waals surface area contributed by atoms with Gasteiger partial charge in [-0.2, -0.15) is 0 Å². The highest BCUT2D eigenvalue weighted by atomic mass is 16.5. The molecular weight excluding hydrogens is 248 g/mol. The number of nitrogens with zero attached hydrogens (tertiary/aromatic N) is 1. The zero-order valence-electron chi connectivity index (χ0n) is 13.6. The van der Waals surface area contributed by atoms with Crippen molar-refractivity contribution in [2.75, 3.05) is 39.9 Å². The smallest absolute Gasteiger partial charge is 0.0589 e. The molecule has 2 aliphatic carbocycles. The van der Waals surface area contributed by atoms with Crippen LogP contribution in [0.15, 0.2) is 0 Å². The molecule has 0 aliphatic heterocycles. The monoisotopic (exact) mass is 282 g/mol. The van der Waals surface area contributed by atoms with Gasteiger partial charge in [0.2, 0.25) is 0 Å². The predicted molar refractivity (Wildman–Crippen MR) is 85.1 cm³/mol. The van der Waals surface area contributed by atoms with Crippen molar-refractivity contribution in [3.63, 3.8) is 0 Å². The molecule has 0 spiro atoms. The Kier molecular flexibility index (Phi) is 6.79. The molecule has 2 aliphatic rings. The molecule has 2 saturated carbocycles. The Morgan fingerprint density at radius 2 is 1.95 bits per heavy atom. The number of rotatable bonds is 10. The van der Waals surface area contributed by atoms with E-state index in [0.29, 0.717) is 5.41 Å². The highest BCUT2D eigenvalue weighted by Gasteiger charge is 2.38. The Balaban J connectivity index is 1.89. The standard InChI is InChI=1S/C17H34N2O/c1-3-11-18-14-17(9-5-4-6-10-17)15-19(12-13-20-2)16-7-8-16/h16,18H,3-15H2,1-2H3. The molecule has 118 valence electrons. The summed E-state index contributed by atoms with van der Waals surface area (Å²) >= 11 is 0. The summed E-state index contributed by atoms with van der Waals surface area (Å²) in [7, 11) is 1.82. The fraction of sp³-hybridized carbons (Fsp3) is 1.00. The quantitative estimate of drug-likeness (QED) is 0.623. The van der Waals surface area contributed by atoms with Crippen LogP contribution in [0.4, 0.5) is 0 Å². The van der Waals surface area contributed by atoms with E-state index in [1.807, 2.05) is 7.11 Å². The molecule has 0 atom stereocenters. The number of methoxy groups -OCH3 is 1. The molecular formula is C17H34N2O. The maximum absolute atomic E-state index is 5.31. The molecule has 2 fully saturated rings. The van der Waals surface area contributed by atoms with Gasteiger partial charge in [0.05, 0.1) is 6.61 Å². The summed E-state index contributed by atoms with van der Waals surface area (Å²) in [5, 5.41) is 3.71. The molecule has 20 heavy (non-hydrogen) atoms. The Hall–Kier alpha value is -0.120. The first kappa shape index (κ1) is 16.3. The lowest BCUT2D eigenvalue weighted by molar-refractivity contribution is 0.0742. The summed E-state index contributed by atoms with van der Waals surface area (Å²) in [6, 6.07) is 0.857. The van der Waals surface area contributed by atoms with Crippen molar-refractivity contribution < 1.29 is 4.74 Å². The zero-order valence-corrected chi connectivity index (χ0v) is 13.6. The average Bonchev–Trinajstić information content (AvgIpc) is 3.29. The zero-order chi connectivity index (χ0) is 14.3. The third-order valence-corrected chi connectivity index (χ3v) is 5.03. The van der Waals surface area contributed by atoms with Crippen LogP contribution in [0.25, 0.3) is 0 Å². The third kappa shape index (κ3) is 5.01. The van der Waals surface area contributed by atoms with Gasteiger partial charge < -0.3 is 10.1 Å². The van der Waals surface area contributed by atoms with Crippen molar-refractivity contribution in [1.29, 1.82) is 0 Å². The minimum absolute atomic E-state index is 0.531. The molecule has 1 N–H and O–H groups in total. The van der Waals surface area contributed by atoms with Crippen LogP contribution in [0.3, 0.4) is 0 Å². The van der Waals surface area contributed by atoms with Gasteiger partial charge in [0, 0.05) is 32.8 Å². The molecule has 0 heterocycles. The first-order valence-corrected chi connectivity index (χ1v) is 8.73. The molecule has 2 rings (SSSR count). The minimum Gasteiger partial charge on any atom is -0.383 e. The van der Waals surface area contributed by atoms with E-state index in [9.17, 15) is 0 Å². The van der Waals surface area contributed by atoms with Crippen LogP contribution in [0.2, 0.25) is 0 Å². The van der Waals surface area contributed by atoms with E-state index < -0.39 is 0 Å². The average molecular weight is 282 g/mol. The van der Waals surface area contributed by atoms with Crippen LogP contribution in [0, 0.1) is 5.41 Å². The normalized spacial score (nSPS) is 22.4. The summed E-state index contributed by atoms with van der Waals surface area (Å²) in [5.41, 5.74) is 0.531. The number of ether oxygens (including phenoxy) is 1. The second-order valence-corrected chi connectivity index (χ2v) is 6.93. The molecule has 0 unspecified atom stereocenters. The number of hydrogen-bond donors (Lipinski definition) is 1. The highest BCUT2D eigenvalue weighted by Crippen LogP contribution is 2.39. The topological polar surface area (TPSA) is 24.5 Å². The van der Waals surface area contributed by atoms with Gasteiger partial charge >= 0.3 is 0 Å². The Morgan fingerprint density at radius 3 is 2.55 bits per heavy atom. The van der Waals surface area contributed by atoms with Crippen molar-refractivity contribution in [3.8, 4) is 0 Å². The van der Waals surface area contributed by atoms with E-state index >= 15 is 0 Å². The van der Waals surface area contributed by atoms with Crippen LogP contribution in [0.1, 0.15) is 58.3 Å². The summed E-state index contributed by atoms with van der Waals surface area (Å²) in [5.74, 6) is 0. The number of hydrogen-bond acceptors (Lipinski definition) is 3. The lowest BCUT2D eigenvalue weighted by atomic mass is 9.73. The molecule has 0 amide bonds. The summed E-state index contributed by atoms with van der Waals surface area (Å²) < 4.78 is 5.31. The molecule has 0 aromatic carbocycles. The van der Waals surface area contributed by atoms with Crippen LogP contribution in [-0.2, 0) is 4.74 Å². The Bertz CT molecular complexity index is 260. The molecule has 3 nitrogen and oxygen atoms in total. The second-order valence-electron chi connectivity index (χ2n) is 6.93. The lowest BCUT2D eigenvalue weighted by Gasteiger charge is -2.41. The van der Waals surface area contributed by atoms with E-state index in [4.69, 9.17) is 4.74 Å². The Morgan fingerprint density at radius 1 is 1.20 bits per heavy atom.